The van der Waals surface area contributed by atoms with Gasteiger partial charge in [0.15, 0.2) is 0 Å². The van der Waals surface area contributed by atoms with Gasteiger partial charge in [0.25, 0.3) is 5.91 Å². The second kappa shape index (κ2) is 9.81. The summed E-state index contributed by atoms with van der Waals surface area (Å²) in [4.78, 5) is 16.5. The van der Waals surface area contributed by atoms with Crippen molar-refractivity contribution in [2.24, 2.45) is 11.7 Å². The lowest BCUT2D eigenvalue weighted by Crippen LogP contribution is -2.26. The molecule has 0 radical (unpaired) electrons. The van der Waals surface area contributed by atoms with Crippen molar-refractivity contribution in [1.82, 2.24) is 10.3 Å². The maximum Gasteiger partial charge on any atom is 0.270 e. The van der Waals surface area contributed by atoms with Crippen molar-refractivity contribution in [3.05, 3.63) is 52.0 Å². The molecule has 6 heteroatoms. The quantitative estimate of drug-likeness (QED) is 0.664. The summed E-state index contributed by atoms with van der Waals surface area (Å²) in [5.74, 6) is 2.24. The third kappa shape index (κ3) is 6.26. The van der Waals surface area contributed by atoms with Gasteiger partial charge in [0, 0.05) is 23.4 Å². The third-order valence-electron chi connectivity index (χ3n) is 3.44. The van der Waals surface area contributed by atoms with Crippen LogP contribution in [-0.2, 0) is 5.75 Å². The summed E-state index contributed by atoms with van der Waals surface area (Å²) in [6.45, 7) is 4.91. The molecule has 1 aromatic heterocycles. The lowest BCUT2D eigenvalue weighted by molar-refractivity contribution is 0.0951. The molecular weight excluding hydrogens is 338 g/mol. The number of benzene rings is 1. The first-order valence-corrected chi connectivity index (χ1v) is 10.2. The number of nitrogens with two attached hydrogens (primary N) is 1. The summed E-state index contributed by atoms with van der Waals surface area (Å²) in [5, 5.41) is 5.56. The fraction of sp³-hybridized carbons (Fsp3) is 0.444. The summed E-state index contributed by atoms with van der Waals surface area (Å²) in [7, 11) is 0. The Morgan fingerprint density at radius 2 is 2.08 bits per heavy atom. The fourth-order valence-corrected chi connectivity index (χ4v) is 3.90. The Bertz CT molecular complexity index is 628. The van der Waals surface area contributed by atoms with Crippen LogP contribution in [0.1, 0.15) is 47.4 Å². The summed E-state index contributed by atoms with van der Waals surface area (Å²) < 4.78 is 0. The molecule has 1 heterocycles. The van der Waals surface area contributed by atoms with Gasteiger partial charge in [-0.05, 0) is 17.9 Å². The summed E-state index contributed by atoms with van der Waals surface area (Å²) in [6, 6.07) is 10.2. The summed E-state index contributed by atoms with van der Waals surface area (Å²) >= 11 is 3.27. The van der Waals surface area contributed by atoms with Gasteiger partial charge in [-0.1, -0.05) is 44.2 Å². The Morgan fingerprint density at radius 3 is 2.79 bits per heavy atom. The number of hydrogen-bond donors (Lipinski definition) is 2. The molecule has 2 aromatic rings. The van der Waals surface area contributed by atoms with Crippen molar-refractivity contribution in [2.45, 2.75) is 32.1 Å². The van der Waals surface area contributed by atoms with Crippen LogP contribution in [0.15, 0.2) is 35.7 Å². The maximum atomic E-state index is 12.1. The molecule has 0 bridgehead atoms. The molecule has 0 aliphatic rings. The topological polar surface area (TPSA) is 68.0 Å². The average molecular weight is 364 g/mol. The molecule has 4 nitrogen and oxygen atoms in total. The molecule has 24 heavy (non-hydrogen) atoms. The van der Waals surface area contributed by atoms with E-state index in [4.69, 9.17) is 5.73 Å². The molecule has 1 aromatic carbocycles. The van der Waals surface area contributed by atoms with Gasteiger partial charge in [0.05, 0.1) is 6.04 Å². The van der Waals surface area contributed by atoms with E-state index < -0.39 is 0 Å². The SMILES string of the molecule is CC(C)CC(N)c1nc(C(=O)NCCSCc2ccccc2)cs1. The van der Waals surface area contributed by atoms with Crippen LogP contribution in [0.5, 0.6) is 0 Å². The van der Waals surface area contributed by atoms with E-state index in [1.165, 1.54) is 16.9 Å². The number of amides is 1. The van der Waals surface area contributed by atoms with Gasteiger partial charge in [-0.2, -0.15) is 11.8 Å². The molecular formula is C18H25N3OS2. The van der Waals surface area contributed by atoms with Crippen molar-refractivity contribution in [3.63, 3.8) is 0 Å². The minimum Gasteiger partial charge on any atom is -0.350 e. The van der Waals surface area contributed by atoms with E-state index >= 15 is 0 Å². The highest BCUT2D eigenvalue weighted by atomic mass is 32.2. The highest BCUT2D eigenvalue weighted by molar-refractivity contribution is 7.98. The number of hydrogen-bond acceptors (Lipinski definition) is 5. The number of thiazole rings is 1. The van der Waals surface area contributed by atoms with Crippen LogP contribution >= 0.6 is 23.1 Å². The predicted octanol–water partition coefficient (Wildman–Crippen LogP) is 3.85. The van der Waals surface area contributed by atoms with Gasteiger partial charge in [-0.3, -0.25) is 4.79 Å². The van der Waals surface area contributed by atoms with E-state index in [1.807, 2.05) is 30.0 Å². The monoisotopic (exact) mass is 363 g/mol. The minimum atomic E-state index is -0.116. The van der Waals surface area contributed by atoms with E-state index in [-0.39, 0.29) is 11.9 Å². The lowest BCUT2D eigenvalue weighted by Gasteiger charge is -2.10. The molecule has 0 saturated heterocycles. The highest BCUT2D eigenvalue weighted by Gasteiger charge is 2.15. The van der Waals surface area contributed by atoms with Crippen molar-refractivity contribution < 1.29 is 4.79 Å². The normalized spacial score (nSPS) is 12.3. The van der Waals surface area contributed by atoms with E-state index in [2.05, 4.69) is 36.3 Å². The molecule has 3 N–H and O–H groups in total. The van der Waals surface area contributed by atoms with Crippen LogP contribution in [0, 0.1) is 5.92 Å². The van der Waals surface area contributed by atoms with Crippen molar-refractivity contribution in [3.8, 4) is 0 Å². The number of carbonyl (C=O) groups is 1. The van der Waals surface area contributed by atoms with E-state index in [0.29, 0.717) is 18.2 Å². The van der Waals surface area contributed by atoms with Crippen molar-refractivity contribution in [1.29, 1.82) is 0 Å². The zero-order chi connectivity index (χ0) is 17.4. The Labute approximate surface area is 152 Å². The van der Waals surface area contributed by atoms with Crippen molar-refractivity contribution in [2.75, 3.05) is 12.3 Å². The van der Waals surface area contributed by atoms with Crippen LogP contribution in [0.4, 0.5) is 0 Å². The molecule has 0 saturated carbocycles. The highest BCUT2D eigenvalue weighted by Crippen LogP contribution is 2.22. The predicted molar refractivity (Wildman–Crippen MR) is 103 cm³/mol. The molecule has 0 aliphatic heterocycles. The van der Waals surface area contributed by atoms with Crippen LogP contribution in [-0.4, -0.2) is 23.2 Å². The van der Waals surface area contributed by atoms with Gasteiger partial charge in [-0.25, -0.2) is 4.98 Å². The van der Waals surface area contributed by atoms with E-state index in [9.17, 15) is 4.79 Å². The smallest absolute Gasteiger partial charge is 0.270 e. The molecule has 1 unspecified atom stereocenters. The molecule has 2 rings (SSSR count). The largest absolute Gasteiger partial charge is 0.350 e. The Kier molecular flexibility index (Phi) is 7.75. The van der Waals surface area contributed by atoms with Crippen LogP contribution in [0.25, 0.3) is 0 Å². The van der Waals surface area contributed by atoms with E-state index in [1.54, 1.807) is 5.38 Å². The molecule has 0 spiro atoms. The Balaban J connectivity index is 1.70. The van der Waals surface area contributed by atoms with Gasteiger partial charge in [0.2, 0.25) is 0 Å². The van der Waals surface area contributed by atoms with Gasteiger partial charge < -0.3 is 11.1 Å². The second-order valence-electron chi connectivity index (χ2n) is 6.10. The first-order valence-electron chi connectivity index (χ1n) is 8.17. The minimum absolute atomic E-state index is 0.0852. The molecule has 0 aliphatic carbocycles. The molecule has 130 valence electrons. The number of thioether (sulfide) groups is 1. The average Bonchev–Trinajstić information content (AvgIpc) is 3.05. The molecule has 1 atom stereocenters. The lowest BCUT2D eigenvalue weighted by atomic mass is 10.1. The number of carbonyl (C=O) groups excluding carboxylic acids is 1. The van der Waals surface area contributed by atoms with Crippen molar-refractivity contribution >= 4 is 29.0 Å². The number of aromatic nitrogens is 1. The standard InChI is InChI=1S/C18H25N3OS2/c1-13(2)10-15(19)18-21-16(12-24-18)17(22)20-8-9-23-11-14-6-4-3-5-7-14/h3-7,12-13,15H,8-11,19H2,1-2H3,(H,20,22). The third-order valence-corrected chi connectivity index (χ3v) is 5.45. The zero-order valence-corrected chi connectivity index (χ0v) is 15.8. The van der Waals surface area contributed by atoms with Crippen LogP contribution < -0.4 is 11.1 Å². The Hall–Kier alpha value is -1.37. The number of nitrogens with one attached hydrogen (secondary N) is 1. The van der Waals surface area contributed by atoms with Gasteiger partial charge >= 0.3 is 0 Å². The summed E-state index contributed by atoms with van der Waals surface area (Å²) in [6.07, 6.45) is 0.880. The molecule has 0 fully saturated rings. The van der Waals surface area contributed by atoms with Crippen LogP contribution in [0.3, 0.4) is 0 Å². The fourth-order valence-electron chi connectivity index (χ4n) is 2.26. The van der Waals surface area contributed by atoms with Crippen LogP contribution in [0.2, 0.25) is 0 Å². The van der Waals surface area contributed by atoms with Gasteiger partial charge in [0.1, 0.15) is 10.7 Å². The van der Waals surface area contributed by atoms with Gasteiger partial charge in [-0.15, -0.1) is 11.3 Å². The maximum absolute atomic E-state index is 12.1. The number of rotatable bonds is 9. The first kappa shape index (κ1) is 19.0. The number of nitrogens with zero attached hydrogens (tertiary/aromatic N) is 1. The Morgan fingerprint density at radius 1 is 1.33 bits per heavy atom. The van der Waals surface area contributed by atoms with E-state index in [0.717, 1.165) is 22.9 Å². The molecule has 1 amide bonds. The zero-order valence-electron chi connectivity index (χ0n) is 14.2. The first-order chi connectivity index (χ1) is 11.6. The second-order valence-corrected chi connectivity index (χ2v) is 8.10. The summed E-state index contributed by atoms with van der Waals surface area (Å²) in [5.41, 5.74) is 7.89.